The number of ether oxygens (including phenoxy) is 1. The molecule has 1 aliphatic heterocycles. The predicted molar refractivity (Wildman–Crippen MR) is 78.6 cm³/mol. The first-order valence-electron chi connectivity index (χ1n) is 6.54. The van der Waals surface area contributed by atoms with Crippen molar-refractivity contribution in [2.75, 3.05) is 25.2 Å². The van der Waals surface area contributed by atoms with Crippen LogP contribution < -0.4 is 4.90 Å². The fourth-order valence-corrected chi connectivity index (χ4v) is 2.95. The molecule has 0 radical (unpaired) electrons. The molecule has 0 aliphatic carbocycles. The maximum absolute atomic E-state index is 5.10. The summed E-state index contributed by atoms with van der Waals surface area (Å²) in [5.41, 5.74) is 3.43. The number of methoxy groups -OCH3 is 1. The van der Waals surface area contributed by atoms with Gasteiger partial charge in [-0.05, 0) is 22.0 Å². The summed E-state index contributed by atoms with van der Waals surface area (Å²) in [5, 5.41) is 8.52. The van der Waals surface area contributed by atoms with Crippen LogP contribution in [-0.2, 0) is 24.2 Å². The van der Waals surface area contributed by atoms with E-state index in [1.54, 1.807) is 7.11 Å². The fourth-order valence-electron chi connectivity index (χ4n) is 2.45. The molecule has 0 amide bonds. The highest BCUT2D eigenvalue weighted by Gasteiger charge is 2.23. The van der Waals surface area contributed by atoms with Crippen molar-refractivity contribution in [3.05, 3.63) is 34.3 Å². The van der Waals surface area contributed by atoms with E-state index in [-0.39, 0.29) is 0 Å². The fraction of sp³-hybridized carbons (Fsp3) is 0.462. The van der Waals surface area contributed by atoms with Crippen LogP contribution in [0.1, 0.15) is 11.4 Å². The van der Waals surface area contributed by atoms with Crippen molar-refractivity contribution in [2.45, 2.75) is 19.5 Å². The molecule has 3 heterocycles. The van der Waals surface area contributed by atoms with E-state index < -0.39 is 0 Å². The molecular weight excluding hydrogens is 322 g/mol. The Labute approximate surface area is 125 Å². The lowest BCUT2D eigenvalue weighted by atomic mass is 10.1. The van der Waals surface area contributed by atoms with Gasteiger partial charge in [-0.15, -0.1) is 5.10 Å². The third-order valence-electron chi connectivity index (χ3n) is 3.48. The molecule has 3 rings (SSSR count). The van der Waals surface area contributed by atoms with Crippen LogP contribution in [0.15, 0.2) is 22.9 Å². The Morgan fingerprint density at radius 2 is 2.35 bits per heavy atom. The average molecular weight is 338 g/mol. The van der Waals surface area contributed by atoms with Crippen LogP contribution in [0.2, 0.25) is 0 Å². The number of hydrogen-bond acceptors (Lipinski definition) is 5. The number of anilines is 1. The van der Waals surface area contributed by atoms with Crippen molar-refractivity contribution in [1.29, 1.82) is 0 Å². The van der Waals surface area contributed by atoms with Crippen molar-refractivity contribution in [2.24, 2.45) is 0 Å². The highest BCUT2D eigenvalue weighted by molar-refractivity contribution is 9.10. The second kappa shape index (κ2) is 5.88. The molecule has 2 aromatic rings. The minimum atomic E-state index is 0.662. The van der Waals surface area contributed by atoms with Crippen LogP contribution in [0.3, 0.4) is 0 Å². The molecule has 2 aromatic heterocycles. The number of hydrogen-bond donors (Lipinski definition) is 0. The first kappa shape index (κ1) is 13.5. The van der Waals surface area contributed by atoms with Crippen molar-refractivity contribution in [1.82, 2.24) is 20.0 Å². The number of halogens is 1. The van der Waals surface area contributed by atoms with Gasteiger partial charge in [0.15, 0.2) is 0 Å². The van der Waals surface area contributed by atoms with Gasteiger partial charge in [-0.1, -0.05) is 5.21 Å². The number of fused-ring (bicyclic) bond motifs is 1. The molecule has 0 N–H and O–H groups in total. The van der Waals surface area contributed by atoms with E-state index in [9.17, 15) is 0 Å². The summed E-state index contributed by atoms with van der Waals surface area (Å²) < 4.78 is 8.07. The Morgan fingerprint density at radius 1 is 1.45 bits per heavy atom. The highest BCUT2D eigenvalue weighted by atomic mass is 79.9. The largest absolute Gasteiger partial charge is 0.383 e. The Kier molecular flexibility index (Phi) is 3.98. The van der Waals surface area contributed by atoms with Crippen molar-refractivity contribution >= 4 is 21.6 Å². The van der Waals surface area contributed by atoms with Crippen LogP contribution in [-0.4, -0.2) is 40.2 Å². The van der Waals surface area contributed by atoms with Crippen molar-refractivity contribution in [3.63, 3.8) is 0 Å². The summed E-state index contributed by atoms with van der Waals surface area (Å²) >= 11 is 3.55. The smallest absolute Gasteiger partial charge is 0.105 e. The molecule has 0 atom stereocenters. The van der Waals surface area contributed by atoms with Crippen LogP contribution >= 0.6 is 15.9 Å². The standard InChI is InChI=1S/C13H16BrN5O/c1-20-7-6-19-13-3-5-18(9-11(13)16-17-19)12-2-4-15-8-10(12)14/h2,4,8H,3,5-7,9H2,1H3. The first-order chi connectivity index (χ1) is 9.79. The summed E-state index contributed by atoms with van der Waals surface area (Å²) in [6.45, 7) is 3.16. The Bertz CT molecular complexity index is 600. The molecular formula is C13H16BrN5O. The quantitative estimate of drug-likeness (QED) is 0.848. The summed E-state index contributed by atoms with van der Waals surface area (Å²) in [4.78, 5) is 6.40. The second-order valence-corrected chi connectivity index (χ2v) is 5.55. The van der Waals surface area contributed by atoms with Crippen LogP contribution in [0.5, 0.6) is 0 Å². The number of nitrogens with zero attached hydrogens (tertiary/aromatic N) is 5. The predicted octanol–water partition coefficient (Wildman–Crippen LogP) is 1.64. The van der Waals surface area contributed by atoms with E-state index in [1.165, 1.54) is 5.69 Å². The molecule has 0 bridgehead atoms. The molecule has 0 saturated carbocycles. The lowest BCUT2D eigenvalue weighted by Gasteiger charge is -2.29. The van der Waals surface area contributed by atoms with E-state index in [0.29, 0.717) is 6.61 Å². The summed E-state index contributed by atoms with van der Waals surface area (Å²) in [5.74, 6) is 0. The Hall–Kier alpha value is -1.47. The van der Waals surface area contributed by atoms with Gasteiger partial charge in [-0.3, -0.25) is 4.98 Å². The Morgan fingerprint density at radius 3 is 3.15 bits per heavy atom. The molecule has 0 unspecified atom stereocenters. The van der Waals surface area contributed by atoms with Gasteiger partial charge in [0.25, 0.3) is 0 Å². The number of aromatic nitrogens is 4. The van der Waals surface area contributed by atoms with Crippen LogP contribution in [0, 0.1) is 0 Å². The molecule has 20 heavy (non-hydrogen) atoms. The van der Waals surface area contributed by atoms with E-state index in [4.69, 9.17) is 4.74 Å². The van der Waals surface area contributed by atoms with Crippen molar-refractivity contribution in [3.8, 4) is 0 Å². The molecule has 6 nitrogen and oxygen atoms in total. The summed E-state index contributed by atoms with van der Waals surface area (Å²) in [6, 6.07) is 2.02. The second-order valence-electron chi connectivity index (χ2n) is 4.70. The lowest BCUT2D eigenvalue weighted by molar-refractivity contribution is 0.181. The van der Waals surface area contributed by atoms with Gasteiger partial charge in [0.05, 0.1) is 35.6 Å². The van der Waals surface area contributed by atoms with Crippen LogP contribution in [0.25, 0.3) is 0 Å². The topological polar surface area (TPSA) is 56.1 Å². The van der Waals surface area contributed by atoms with E-state index >= 15 is 0 Å². The van der Waals surface area contributed by atoms with Crippen molar-refractivity contribution < 1.29 is 4.74 Å². The number of rotatable bonds is 4. The van der Waals surface area contributed by atoms with Crippen LogP contribution in [0.4, 0.5) is 5.69 Å². The maximum Gasteiger partial charge on any atom is 0.105 e. The molecule has 0 aromatic carbocycles. The minimum absolute atomic E-state index is 0.662. The van der Waals surface area contributed by atoms with E-state index in [2.05, 4.69) is 36.1 Å². The monoisotopic (exact) mass is 337 g/mol. The molecule has 7 heteroatoms. The SMILES string of the molecule is COCCn1nnc2c1CCN(c1ccncc1Br)C2. The maximum atomic E-state index is 5.10. The van der Waals surface area contributed by atoms with Gasteiger partial charge in [-0.2, -0.15) is 0 Å². The summed E-state index contributed by atoms with van der Waals surface area (Å²) in [6.07, 6.45) is 4.58. The number of pyridine rings is 1. The highest BCUT2D eigenvalue weighted by Crippen LogP contribution is 2.28. The molecule has 1 aliphatic rings. The zero-order valence-electron chi connectivity index (χ0n) is 11.3. The van der Waals surface area contributed by atoms with Gasteiger partial charge >= 0.3 is 0 Å². The van der Waals surface area contributed by atoms with Gasteiger partial charge in [0.2, 0.25) is 0 Å². The average Bonchev–Trinajstić information content (AvgIpc) is 2.88. The third-order valence-corrected chi connectivity index (χ3v) is 4.09. The third kappa shape index (κ3) is 2.55. The first-order valence-corrected chi connectivity index (χ1v) is 7.33. The molecule has 106 valence electrons. The summed E-state index contributed by atoms with van der Waals surface area (Å²) in [7, 11) is 1.70. The zero-order chi connectivity index (χ0) is 13.9. The molecule has 0 fully saturated rings. The lowest BCUT2D eigenvalue weighted by Crippen LogP contribution is -2.31. The van der Waals surface area contributed by atoms with Gasteiger partial charge in [0.1, 0.15) is 5.69 Å². The molecule has 0 spiro atoms. The zero-order valence-corrected chi connectivity index (χ0v) is 12.9. The van der Waals surface area contributed by atoms with Gasteiger partial charge in [-0.25, -0.2) is 4.68 Å². The van der Waals surface area contributed by atoms with E-state index in [1.807, 2.05) is 23.1 Å². The van der Waals surface area contributed by atoms with Gasteiger partial charge < -0.3 is 9.64 Å². The minimum Gasteiger partial charge on any atom is -0.383 e. The van der Waals surface area contributed by atoms with Gasteiger partial charge in [0, 0.05) is 32.5 Å². The van der Waals surface area contributed by atoms with E-state index in [0.717, 1.165) is 41.9 Å². The Balaban J connectivity index is 1.79. The normalized spacial score (nSPS) is 14.4. The molecule has 0 saturated heterocycles.